The predicted molar refractivity (Wildman–Crippen MR) is 155 cm³/mol. The molecule has 3 aromatic rings. The van der Waals surface area contributed by atoms with Crippen molar-refractivity contribution in [1.29, 1.82) is 0 Å². The Morgan fingerprint density at radius 1 is 0.744 bits per heavy atom. The Morgan fingerprint density at radius 2 is 1.23 bits per heavy atom. The van der Waals surface area contributed by atoms with Gasteiger partial charge in [-0.1, -0.05) is 60.7 Å². The molecule has 0 saturated carbocycles. The van der Waals surface area contributed by atoms with Crippen molar-refractivity contribution in [3.63, 3.8) is 0 Å². The maximum absolute atomic E-state index is 15.3. The van der Waals surface area contributed by atoms with Crippen LogP contribution in [0.4, 0.5) is 34.5 Å². The van der Waals surface area contributed by atoms with Crippen molar-refractivity contribution in [3.8, 4) is 0 Å². The summed E-state index contributed by atoms with van der Waals surface area (Å²) in [6, 6.07) is 19.9. The molecule has 1 aliphatic rings. The highest BCUT2D eigenvalue weighted by Gasteiger charge is 2.35. The molecule has 1 aliphatic heterocycles. The zero-order valence-corrected chi connectivity index (χ0v) is 24.2. The van der Waals surface area contributed by atoms with Crippen LogP contribution < -0.4 is 10.2 Å². The lowest BCUT2D eigenvalue weighted by Gasteiger charge is -2.33. The third-order valence-electron chi connectivity index (χ3n) is 6.27. The Kier molecular flexibility index (Phi) is 10.0. The summed E-state index contributed by atoms with van der Waals surface area (Å²) < 4.78 is 46.6. The molecule has 12 heteroatoms. The van der Waals surface area contributed by atoms with Crippen LogP contribution in [0.1, 0.15) is 31.9 Å². The smallest absolute Gasteiger partial charge is 0.429 e. The van der Waals surface area contributed by atoms with Crippen LogP contribution in [0.2, 0.25) is 0 Å². The predicted octanol–water partition coefficient (Wildman–Crippen LogP) is 6.32. The van der Waals surface area contributed by atoms with Gasteiger partial charge in [-0.3, -0.25) is 5.32 Å². The first kappa shape index (κ1) is 31.1. The zero-order valence-electron chi connectivity index (χ0n) is 24.2. The van der Waals surface area contributed by atoms with Crippen LogP contribution in [0, 0.1) is 11.6 Å². The molecule has 1 fully saturated rings. The largest absolute Gasteiger partial charge is 0.444 e. The second kappa shape index (κ2) is 13.9. The van der Waals surface area contributed by atoms with Gasteiger partial charge in [0.2, 0.25) is 0 Å². The summed E-state index contributed by atoms with van der Waals surface area (Å²) in [4.78, 5) is 39.7. The Balaban J connectivity index is 1.46. The molecule has 0 unspecified atom stereocenters. The minimum Gasteiger partial charge on any atom is -0.444 e. The maximum atomic E-state index is 15.3. The van der Waals surface area contributed by atoms with Crippen LogP contribution in [0.15, 0.2) is 72.8 Å². The van der Waals surface area contributed by atoms with Crippen molar-refractivity contribution in [2.75, 3.05) is 36.4 Å². The Hall–Kier alpha value is -4.87. The molecule has 0 bridgehead atoms. The molecule has 0 spiro atoms. The van der Waals surface area contributed by atoms with E-state index in [2.05, 4.69) is 5.32 Å². The van der Waals surface area contributed by atoms with Gasteiger partial charge >= 0.3 is 18.3 Å². The van der Waals surface area contributed by atoms with Crippen LogP contribution in [-0.2, 0) is 27.4 Å². The molecular weight excluding hydrogens is 562 g/mol. The van der Waals surface area contributed by atoms with Gasteiger partial charge in [0.25, 0.3) is 0 Å². The zero-order chi connectivity index (χ0) is 31.0. The van der Waals surface area contributed by atoms with Crippen LogP contribution in [0.25, 0.3) is 0 Å². The number of nitrogens with zero attached hydrogens (tertiary/aromatic N) is 3. The Morgan fingerprint density at radius 3 is 1.74 bits per heavy atom. The molecule has 43 heavy (non-hydrogen) atoms. The average Bonchev–Trinajstić information content (AvgIpc) is 3.18. The van der Waals surface area contributed by atoms with E-state index in [1.807, 2.05) is 12.1 Å². The SMILES string of the molecule is CC(C)(C)OC(=O)N1CCN(c2c(F)cc(NC(=O)OCc3ccccc3)cc2F)CCN1C(=O)OCc1ccccc1. The molecule has 228 valence electrons. The van der Waals surface area contributed by atoms with Crippen molar-refractivity contribution in [3.05, 3.63) is 95.6 Å². The highest BCUT2D eigenvalue weighted by Crippen LogP contribution is 2.29. The highest BCUT2D eigenvalue weighted by atomic mass is 19.1. The third-order valence-corrected chi connectivity index (χ3v) is 6.27. The van der Waals surface area contributed by atoms with Gasteiger partial charge in [-0.25, -0.2) is 33.2 Å². The second-order valence-corrected chi connectivity index (χ2v) is 10.7. The fourth-order valence-corrected chi connectivity index (χ4v) is 4.31. The number of amides is 3. The number of carbonyl (C=O) groups is 3. The number of nitrogens with one attached hydrogen (secondary N) is 1. The number of ether oxygens (including phenoxy) is 3. The van der Waals surface area contributed by atoms with Gasteiger partial charge in [0.05, 0.1) is 13.1 Å². The van der Waals surface area contributed by atoms with E-state index in [1.165, 1.54) is 4.90 Å². The van der Waals surface area contributed by atoms with E-state index in [9.17, 15) is 14.4 Å². The van der Waals surface area contributed by atoms with Crippen molar-refractivity contribution >= 4 is 29.7 Å². The molecule has 0 radical (unpaired) electrons. The van der Waals surface area contributed by atoms with E-state index in [0.29, 0.717) is 0 Å². The van der Waals surface area contributed by atoms with Crippen molar-refractivity contribution in [1.82, 2.24) is 10.0 Å². The molecule has 0 aromatic heterocycles. The first-order chi connectivity index (χ1) is 20.5. The molecule has 3 aromatic carbocycles. The number of hydrazine groups is 1. The topological polar surface area (TPSA) is 101 Å². The Labute approximate surface area is 248 Å². The van der Waals surface area contributed by atoms with E-state index >= 15 is 8.78 Å². The van der Waals surface area contributed by atoms with Gasteiger partial charge in [0.15, 0.2) is 11.6 Å². The quantitative estimate of drug-likeness (QED) is 0.332. The first-order valence-electron chi connectivity index (χ1n) is 13.7. The van der Waals surface area contributed by atoms with Gasteiger partial charge in [-0.2, -0.15) is 0 Å². The highest BCUT2D eigenvalue weighted by molar-refractivity contribution is 5.85. The third kappa shape index (κ3) is 8.81. The maximum Gasteiger partial charge on any atom is 0.429 e. The van der Waals surface area contributed by atoms with E-state index in [-0.39, 0.29) is 50.8 Å². The van der Waals surface area contributed by atoms with Crippen LogP contribution in [0.5, 0.6) is 0 Å². The summed E-state index contributed by atoms with van der Waals surface area (Å²) in [7, 11) is 0. The molecule has 0 atom stereocenters. The summed E-state index contributed by atoms with van der Waals surface area (Å²) in [6.07, 6.45) is -2.49. The van der Waals surface area contributed by atoms with E-state index < -0.39 is 35.5 Å². The van der Waals surface area contributed by atoms with E-state index in [4.69, 9.17) is 14.2 Å². The fraction of sp³-hybridized carbons (Fsp3) is 0.323. The van der Waals surface area contributed by atoms with Crippen molar-refractivity contribution in [2.24, 2.45) is 0 Å². The number of hydrogen-bond donors (Lipinski definition) is 1. The number of benzene rings is 3. The number of hydrogen-bond acceptors (Lipinski definition) is 7. The molecule has 1 heterocycles. The van der Waals surface area contributed by atoms with Crippen molar-refractivity contribution in [2.45, 2.75) is 39.6 Å². The lowest BCUT2D eigenvalue weighted by molar-refractivity contribution is -0.0421. The number of anilines is 2. The lowest BCUT2D eigenvalue weighted by atomic mass is 10.2. The Bertz CT molecular complexity index is 1400. The molecule has 4 rings (SSSR count). The first-order valence-corrected chi connectivity index (χ1v) is 13.7. The summed E-state index contributed by atoms with van der Waals surface area (Å²) >= 11 is 0. The van der Waals surface area contributed by atoms with Crippen molar-refractivity contribution < 1.29 is 37.4 Å². The lowest BCUT2D eigenvalue weighted by Crippen LogP contribution is -2.52. The van der Waals surface area contributed by atoms with Gasteiger partial charge in [-0.05, 0) is 44.0 Å². The fourth-order valence-electron chi connectivity index (χ4n) is 4.31. The van der Waals surface area contributed by atoms with E-state index in [1.54, 1.807) is 69.3 Å². The molecule has 1 saturated heterocycles. The minimum absolute atomic E-state index is 0.0120. The molecule has 1 N–H and O–H groups in total. The molecule has 0 aliphatic carbocycles. The summed E-state index contributed by atoms with van der Waals surface area (Å²) in [5.41, 5.74) is 0.147. The molecule has 3 amide bonds. The van der Waals surface area contributed by atoms with Gasteiger partial charge in [0.1, 0.15) is 24.5 Å². The molecular formula is C31H34F2N4O6. The second-order valence-electron chi connectivity index (χ2n) is 10.7. The summed E-state index contributed by atoms with van der Waals surface area (Å²) in [5.74, 6) is -1.88. The van der Waals surface area contributed by atoms with Gasteiger partial charge < -0.3 is 19.1 Å². The molecule has 10 nitrogen and oxygen atoms in total. The monoisotopic (exact) mass is 596 g/mol. The average molecular weight is 597 g/mol. The number of carbonyl (C=O) groups excluding carboxylic acids is 3. The summed E-state index contributed by atoms with van der Waals surface area (Å²) in [5, 5.41) is 4.48. The standard InChI is InChI=1S/C31H34F2N4O6/c1-31(2,3)43-30(40)37-17-15-35(14-16-36(37)29(39)42-21-23-12-8-5-9-13-23)27-25(32)18-24(19-26(27)33)34-28(38)41-20-22-10-6-4-7-11-22/h4-13,18-19H,14-17,20-21H2,1-3H3,(H,34,38). The van der Waals surface area contributed by atoms with Gasteiger partial charge in [0, 0.05) is 18.8 Å². The van der Waals surface area contributed by atoms with E-state index in [0.717, 1.165) is 33.3 Å². The summed E-state index contributed by atoms with van der Waals surface area (Å²) in [6.45, 7) is 4.70. The van der Waals surface area contributed by atoms with Gasteiger partial charge in [-0.15, -0.1) is 0 Å². The van der Waals surface area contributed by atoms with Crippen LogP contribution in [0.3, 0.4) is 0 Å². The minimum atomic E-state index is -0.942. The van der Waals surface area contributed by atoms with Crippen LogP contribution in [-0.4, -0.2) is 60.1 Å². The normalized spacial score (nSPS) is 13.7. The number of rotatable bonds is 6. The number of halogens is 2. The van der Waals surface area contributed by atoms with Crippen LogP contribution >= 0.6 is 0 Å².